The molecule has 1 aromatic carbocycles. The van der Waals surface area contributed by atoms with E-state index < -0.39 is 5.63 Å². The Kier molecular flexibility index (Phi) is 10.8. The molecular formula is C28H38O5. The van der Waals surface area contributed by atoms with Gasteiger partial charge in [-0.05, 0) is 78.5 Å². The first kappa shape index (κ1) is 26.3. The molecule has 0 saturated carbocycles. The molecule has 5 heteroatoms. The van der Waals surface area contributed by atoms with Crippen LogP contribution in [0.5, 0.6) is 17.2 Å². The molecule has 2 rings (SSSR count). The van der Waals surface area contributed by atoms with Crippen LogP contribution in [0.1, 0.15) is 67.2 Å². The number of rotatable bonds is 13. The summed E-state index contributed by atoms with van der Waals surface area (Å²) in [5.41, 5.74) is 2.45. The maximum absolute atomic E-state index is 12.6. The second-order valence-corrected chi connectivity index (χ2v) is 8.54. The highest BCUT2D eigenvalue weighted by Gasteiger charge is 2.22. The highest BCUT2D eigenvalue weighted by atomic mass is 16.5. The third kappa shape index (κ3) is 8.49. The van der Waals surface area contributed by atoms with E-state index in [0.29, 0.717) is 35.7 Å². The van der Waals surface area contributed by atoms with E-state index >= 15 is 0 Å². The Morgan fingerprint density at radius 1 is 1.03 bits per heavy atom. The van der Waals surface area contributed by atoms with Crippen molar-refractivity contribution in [1.29, 1.82) is 0 Å². The van der Waals surface area contributed by atoms with E-state index in [0.717, 1.165) is 25.7 Å². The van der Waals surface area contributed by atoms with Crippen molar-refractivity contribution in [2.75, 3.05) is 13.2 Å². The van der Waals surface area contributed by atoms with Crippen molar-refractivity contribution in [2.24, 2.45) is 0 Å². The summed E-state index contributed by atoms with van der Waals surface area (Å²) in [5, 5.41) is 0.614. The van der Waals surface area contributed by atoms with Gasteiger partial charge in [-0.3, -0.25) is 0 Å². The van der Waals surface area contributed by atoms with Gasteiger partial charge in [-0.25, -0.2) is 4.79 Å². The van der Waals surface area contributed by atoms with Gasteiger partial charge in [0.15, 0.2) is 5.75 Å². The molecule has 1 aromatic heterocycles. The molecule has 0 aliphatic heterocycles. The molecule has 0 amide bonds. The maximum Gasteiger partial charge on any atom is 0.383 e. The summed E-state index contributed by atoms with van der Waals surface area (Å²) >= 11 is 0. The SMILES string of the molecule is CCC=CCCOc1c(OC(C)C)c(=O)oc2cccc(OC/C=C(\C)CCC=C(C)C)c12. The van der Waals surface area contributed by atoms with Gasteiger partial charge in [0.2, 0.25) is 5.75 Å². The number of fused-ring (bicyclic) bond motifs is 1. The Balaban J connectivity index is 2.34. The van der Waals surface area contributed by atoms with Crippen molar-refractivity contribution in [3.05, 3.63) is 64.1 Å². The zero-order valence-electron chi connectivity index (χ0n) is 20.9. The van der Waals surface area contributed by atoms with Gasteiger partial charge in [0.25, 0.3) is 0 Å². The number of ether oxygens (including phenoxy) is 3. The van der Waals surface area contributed by atoms with Gasteiger partial charge in [-0.15, -0.1) is 0 Å². The molecule has 0 N–H and O–H groups in total. The number of hydrogen-bond acceptors (Lipinski definition) is 5. The van der Waals surface area contributed by atoms with Crippen LogP contribution in [0.4, 0.5) is 0 Å². The lowest BCUT2D eigenvalue weighted by atomic mass is 10.1. The van der Waals surface area contributed by atoms with E-state index in [1.165, 1.54) is 11.1 Å². The first-order valence-electron chi connectivity index (χ1n) is 11.8. The standard InChI is InChI=1S/C28H38O5/c1-7-8-9-10-18-31-26-25-23(30-19-17-22(6)14-11-13-20(2)3)15-12-16-24(25)33-28(29)27(26)32-21(4)5/h8-9,12-13,15-17,21H,7,10-11,14,18-19H2,1-6H3/b9-8?,22-17+. The molecule has 0 atom stereocenters. The van der Waals surface area contributed by atoms with E-state index in [1.807, 2.05) is 26.0 Å². The Morgan fingerprint density at radius 2 is 1.82 bits per heavy atom. The summed E-state index contributed by atoms with van der Waals surface area (Å²) < 4.78 is 23.5. The molecule has 2 aromatic rings. The monoisotopic (exact) mass is 454 g/mol. The van der Waals surface area contributed by atoms with Crippen LogP contribution in [0.3, 0.4) is 0 Å². The molecule has 0 saturated heterocycles. The van der Waals surface area contributed by atoms with Crippen LogP contribution >= 0.6 is 0 Å². The third-order valence-electron chi connectivity index (χ3n) is 4.86. The molecule has 33 heavy (non-hydrogen) atoms. The maximum atomic E-state index is 12.6. The fourth-order valence-corrected chi connectivity index (χ4v) is 3.25. The Morgan fingerprint density at radius 3 is 2.52 bits per heavy atom. The van der Waals surface area contributed by atoms with Crippen LogP contribution in [0, 0.1) is 0 Å². The van der Waals surface area contributed by atoms with Crippen LogP contribution in [0.25, 0.3) is 11.0 Å². The van der Waals surface area contributed by atoms with Gasteiger partial charge in [0.05, 0.1) is 12.7 Å². The van der Waals surface area contributed by atoms with Crippen molar-refractivity contribution in [3.8, 4) is 17.2 Å². The number of allylic oxidation sites excluding steroid dienone is 4. The van der Waals surface area contributed by atoms with Gasteiger partial charge < -0.3 is 18.6 Å². The van der Waals surface area contributed by atoms with Gasteiger partial charge in [0.1, 0.15) is 23.3 Å². The van der Waals surface area contributed by atoms with Crippen molar-refractivity contribution in [1.82, 2.24) is 0 Å². The lowest BCUT2D eigenvalue weighted by Gasteiger charge is -2.17. The van der Waals surface area contributed by atoms with Gasteiger partial charge in [-0.1, -0.05) is 42.4 Å². The average molecular weight is 455 g/mol. The highest BCUT2D eigenvalue weighted by molar-refractivity contribution is 5.91. The summed E-state index contributed by atoms with van der Waals surface area (Å²) in [4.78, 5) is 12.6. The highest BCUT2D eigenvalue weighted by Crippen LogP contribution is 2.39. The Bertz CT molecular complexity index is 1040. The molecule has 0 aliphatic rings. The molecule has 0 unspecified atom stereocenters. The largest absolute Gasteiger partial charge is 0.489 e. The molecule has 5 nitrogen and oxygen atoms in total. The van der Waals surface area contributed by atoms with Crippen LogP contribution in [0.2, 0.25) is 0 Å². The van der Waals surface area contributed by atoms with Gasteiger partial charge in [-0.2, -0.15) is 0 Å². The minimum absolute atomic E-state index is 0.0847. The summed E-state index contributed by atoms with van der Waals surface area (Å²) in [5.74, 6) is 1.05. The van der Waals surface area contributed by atoms with Gasteiger partial charge >= 0.3 is 5.63 Å². The smallest absolute Gasteiger partial charge is 0.383 e. The normalized spacial score (nSPS) is 11.9. The van der Waals surface area contributed by atoms with Crippen LogP contribution < -0.4 is 19.8 Å². The number of benzene rings is 1. The third-order valence-corrected chi connectivity index (χ3v) is 4.86. The second kappa shape index (κ2) is 13.6. The zero-order valence-corrected chi connectivity index (χ0v) is 20.9. The van der Waals surface area contributed by atoms with Crippen LogP contribution in [0.15, 0.2) is 62.9 Å². The second-order valence-electron chi connectivity index (χ2n) is 8.54. The molecule has 180 valence electrons. The Labute approximate surface area is 197 Å². The first-order valence-corrected chi connectivity index (χ1v) is 11.8. The average Bonchev–Trinajstić information content (AvgIpc) is 2.75. The summed E-state index contributed by atoms with van der Waals surface area (Å²) in [7, 11) is 0. The Hall–Kier alpha value is -2.95. The van der Waals surface area contributed by atoms with Crippen molar-refractivity contribution in [3.63, 3.8) is 0 Å². The van der Waals surface area contributed by atoms with E-state index in [-0.39, 0.29) is 11.9 Å². The van der Waals surface area contributed by atoms with Crippen molar-refractivity contribution in [2.45, 2.75) is 73.3 Å². The lowest BCUT2D eigenvalue weighted by Crippen LogP contribution is -2.15. The molecule has 0 spiro atoms. The topological polar surface area (TPSA) is 57.9 Å². The molecular weight excluding hydrogens is 416 g/mol. The molecule has 0 fully saturated rings. The van der Waals surface area contributed by atoms with E-state index in [4.69, 9.17) is 18.6 Å². The lowest BCUT2D eigenvalue weighted by molar-refractivity contribution is 0.212. The molecule has 0 bridgehead atoms. The molecule has 0 aliphatic carbocycles. The van der Waals surface area contributed by atoms with Crippen molar-refractivity contribution >= 4 is 11.0 Å². The summed E-state index contributed by atoms with van der Waals surface area (Å²) in [6.07, 6.45) is 12.0. The predicted molar refractivity (Wildman–Crippen MR) is 136 cm³/mol. The van der Waals surface area contributed by atoms with Crippen LogP contribution in [-0.2, 0) is 0 Å². The summed E-state index contributed by atoms with van der Waals surface area (Å²) in [6, 6.07) is 5.41. The predicted octanol–water partition coefficient (Wildman–Crippen LogP) is 7.39. The molecule has 1 heterocycles. The van der Waals surface area contributed by atoms with E-state index in [1.54, 1.807) is 6.07 Å². The zero-order chi connectivity index (χ0) is 24.2. The van der Waals surface area contributed by atoms with E-state index in [9.17, 15) is 4.79 Å². The summed E-state index contributed by atoms with van der Waals surface area (Å²) in [6.45, 7) is 13.0. The van der Waals surface area contributed by atoms with E-state index in [2.05, 4.69) is 52.0 Å². The fraction of sp³-hybridized carbons (Fsp3) is 0.464. The number of hydrogen-bond donors (Lipinski definition) is 0. The van der Waals surface area contributed by atoms with Crippen LogP contribution in [-0.4, -0.2) is 19.3 Å². The minimum atomic E-state index is -0.553. The fourth-order valence-electron chi connectivity index (χ4n) is 3.25. The minimum Gasteiger partial charge on any atom is -0.489 e. The molecule has 0 radical (unpaired) electrons. The first-order chi connectivity index (χ1) is 15.8. The van der Waals surface area contributed by atoms with Crippen molar-refractivity contribution < 1.29 is 18.6 Å². The van der Waals surface area contributed by atoms with Gasteiger partial charge in [0, 0.05) is 0 Å². The quantitative estimate of drug-likeness (QED) is 0.179.